The highest BCUT2D eigenvalue weighted by Gasteiger charge is 2.22. The van der Waals surface area contributed by atoms with Gasteiger partial charge < -0.3 is 25.2 Å². The molecule has 0 aliphatic carbocycles. The van der Waals surface area contributed by atoms with Gasteiger partial charge in [-0.1, -0.05) is 12.1 Å². The largest absolute Gasteiger partial charge is 0.478 e. The van der Waals surface area contributed by atoms with Crippen LogP contribution in [0.2, 0.25) is 0 Å². The van der Waals surface area contributed by atoms with Crippen molar-refractivity contribution in [3.05, 3.63) is 34.9 Å². The molecule has 4 N–H and O–H groups in total. The number of hydrogen-bond donors (Lipinski definition) is 4. The number of carboxylic acids is 2. The zero-order valence-corrected chi connectivity index (χ0v) is 11.5. The molecule has 0 fully saturated rings. The molecule has 1 aromatic carbocycles. The van der Waals surface area contributed by atoms with Crippen LogP contribution in [0.4, 0.5) is 0 Å². The molecule has 2 unspecified atom stereocenters. The molecule has 1 aromatic rings. The Hall–Kier alpha value is -1.96. The predicted molar refractivity (Wildman–Crippen MR) is 72.6 cm³/mol. The minimum atomic E-state index is -1.35. The van der Waals surface area contributed by atoms with Gasteiger partial charge in [0.15, 0.2) is 0 Å². The van der Waals surface area contributed by atoms with Crippen molar-refractivity contribution in [3.63, 3.8) is 0 Å². The first-order chi connectivity index (χ1) is 9.86. The van der Waals surface area contributed by atoms with Gasteiger partial charge >= 0.3 is 11.9 Å². The van der Waals surface area contributed by atoms with E-state index in [1.54, 1.807) is 0 Å². The molecule has 0 spiro atoms. The summed E-state index contributed by atoms with van der Waals surface area (Å²) in [5, 5.41) is 36.6. The van der Waals surface area contributed by atoms with E-state index in [9.17, 15) is 19.8 Å². The van der Waals surface area contributed by atoms with Gasteiger partial charge in [0.1, 0.15) is 0 Å². The van der Waals surface area contributed by atoms with Crippen LogP contribution in [0.15, 0.2) is 18.2 Å². The van der Waals surface area contributed by atoms with E-state index in [1.165, 1.54) is 25.1 Å². The third-order valence-corrected chi connectivity index (χ3v) is 2.82. The molecule has 2 atom stereocenters. The second-order valence-corrected chi connectivity index (χ2v) is 4.64. The van der Waals surface area contributed by atoms with Crippen molar-refractivity contribution in [2.24, 2.45) is 0 Å². The Kier molecular flexibility index (Phi) is 6.29. The van der Waals surface area contributed by atoms with Crippen LogP contribution in [-0.4, -0.2) is 57.8 Å². The second-order valence-electron chi connectivity index (χ2n) is 4.64. The van der Waals surface area contributed by atoms with Gasteiger partial charge in [0.2, 0.25) is 0 Å². The molecule has 21 heavy (non-hydrogen) atoms. The van der Waals surface area contributed by atoms with E-state index >= 15 is 0 Å². The fraction of sp³-hybridized carbons (Fsp3) is 0.429. The number of rotatable bonds is 8. The quantitative estimate of drug-likeness (QED) is 0.547. The number of aliphatic hydroxyl groups is 2. The van der Waals surface area contributed by atoms with Gasteiger partial charge in [0.05, 0.1) is 36.5 Å². The number of benzene rings is 1. The molecule has 0 saturated heterocycles. The van der Waals surface area contributed by atoms with Gasteiger partial charge in [-0.05, 0) is 18.6 Å². The Morgan fingerprint density at radius 2 is 1.90 bits per heavy atom. The summed E-state index contributed by atoms with van der Waals surface area (Å²) in [5.74, 6) is -2.69. The van der Waals surface area contributed by atoms with E-state index in [0.29, 0.717) is 0 Å². The van der Waals surface area contributed by atoms with Gasteiger partial charge in [0.25, 0.3) is 0 Å². The number of ether oxygens (including phenoxy) is 1. The van der Waals surface area contributed by atoms with Crippen LogP contribution in [0.1, 0.15) is 33.2 Å². The van der Waals surface area contributed by atoms with E-state index in [4.69, 9.17) is 14.9 Å². The van der Waals surface area contributed by atoms with E-state index in [0.717, 1.165) is 0 Å². The molecular weight excluding hydrogens is 280 g/mol. The molecule has 0 aliphatic heterocycles. The normalized spacial score (nSPS) is 13.7. The van der Waals surface area contributed by atoms with Gasteiger partial charge in [-0.25, -0.2) is 9.59 Å². The van der Waals surface area contributed by atoms with Crippen LogP contribution in [0.25, 0.3) is 0 Å². The lowest BCUT2D eigenvalue weighted by atomic mass is 9.97. The van der Waals surface area contributed by atoms with Gasteiger partial charge in [-0.2, -0.15) is 0 Å². The summed E-state index contributed by atoms with van der Waals surface area (Å²) >= 11 is 0. The van der Waals surface area contributed by atoms with Crippen molar-refractivity contribution in [3.8, 4) is 0 Å². The standard InChI is InChI=1S/C14H18O7/c1-8(16)7-21-10(6-15)5-9-3-2-4-11(13(17)18)12(9)14(19)20/h2-4,8,10,15-16H,5-7H2,1H3,(H,17,18)(H,19,20). The molecule has 0 radical (unpaired) electrons. The van der Waals surface area contributed by atoms with Crippen LogP contribution >= 0.6 is 0 Å². The maximum absolute atomic E-state index is 11.3. The van der Waals surface area contributed by atoms with Gasteiger partial charge in [-0.3, -0.25) is 0 Å². The Balaban J connectivity index is 3.03. The van der Waals surface area contributed by atoms with Crippen molar-refractivity contribution in [2.45, 2.75) is 25.6 Å². The first-order valence-corrected chi connectivity index (χ1v) is 6.35. The molecule has 116 valence electrons. The zero-order valence-electron chi connectivity index (χ0n) is 11.5. The monoisotopic (exact) mass is 298 g/mol. The molecule has 0 aromatic heterocycles. The maximum atomic E-state index is 11.3. The summed E-state index contributed by atoms with van der Waals surface area (Å²) in [6.07, 6.45) is -1.41. The van der Waals surface area contributed by atoms with Crippen molar-refractivity contribution in [2.75, 3.05) is 13.2 Å². The van der Waals surface area contributed by atoms with Crippen LogP contribution in [-0.2, 0) is 11.2 Å². The summed E-state index contributed by atoms with van der Waals surface area (Å²) in [7, 11) is 0. The highest BCUT2D eigenvalue weighted by atomic mass is 16.5. The highest BCUT2D eigenvalue weighted by molar-refractivity contribution is 6.02. The van der Waals surface area contributed by atoms with Crippen LogP contribution in [0, 0.1) is 0 Å². The summed E-state index contributed by atoms with van der Waals surface area (Å²) in [6.45, 7) is 1.14. The summed E-state index contributed by atoms with van der Waals surface area (Å²) in [6, 6.07) is 4.12. The maximum Gasteiger partial charge on any atom is 0.336 e. The number of carboxylic acid groups (broad SMARTS) is 2. The fourth-order valence-electron chi connectivity index (χ4n) is 1.90. The first kappa shape index (κ1) is 17.1. The minimum absolute atomic E-state index is 0.00769. The first-order valence-electron chi connectivity index (χ1n) is 6.35. The number of carbonyl (C=O) groups is 2. The lowest BCUT2D eigenvalue weighted by Gasteiger charge is -2.18. The van der Waals surface area contributed by atoms with E-state index in [2.05, 4.69) is 0 Å². The third kappa shape index (κ3) is 4.82. The number of aliphatic hydroxyl groups excluding tert-OH is 2. The Labute approximate surface area is 121 Å². The van der Waals surface area contributed by atoms with Gasteiger partial charge in [-0.15, -0.1) is 0 Å². The zero-order chi connectivity index (χ0) is 16.0. The summed E-state index contributed by atoms with van der Waals surface area (Å²) < 4.78 is 5.25. The lowest BCUT2D eigenvalue weighted by Crippen LogP contribution is -2.26. The number of hydrogen-bond acceptors (Lipinski definition) is 5. The average Bonchev–Trinajstić information content (AvgIpc) is 2.42. The molecule has 0 bridgehead atoms. The van der Waals surface area contributed by atoms with Crippen LogP contribution < -0.4 is 0 Å². The smallest absolute Gasteiger partial charge is 0.336 e. The van der Waals surface area contributed by atoms with E-state index in [1.807, 2.05) is 0 Å². The molecule has 7 heteroatoms. The second kappa shape index (κ2) is 7.72. The van der Waals surface area contributed by atoms with Crippen molar-refractivity contribution in [1.29, 1.82) is 0 Å². The summed E-state index contributed by atoms with van der Waals surface area (Å²) in [4.78, 5) is 22.3. The van der Waals surface area contributed by atoms with Crippen LogP contribution in [0.5, 0.6) is 0 Å². The van der Waals surface area contributed by atoms with Crippen molar-refractivity contribution < 1.29 is 34.8 Å². The molecular formula is C14H18O7. The highest BCUT2D eigenvalue weighted by Crippen LogP contribution is 2.18. The molecule has 0 amide bonds. The predicted octanol–water partition coefficient (Wildman–Crippen LogP) is 0.384. The van der Waals surface area contributed by atoms with Crippen LogP contribution in [0.3, 0.4) is 0 Å². The third-order valence-electron chi connectivity index (χ3n) is 2.82. The minimum Gasteiger partial charge on any atom is -0.478 e. The molecule has 0 saturated carbocycles. The van der Waals surface area contributed by atoms with Crippen molar-refractivity contribution in [1.82, 2.24) is 0 Å². The number of aromatic carboxylic acids is 2. The SMILES string of the molecule is CC(O)COC(CO)Cc1cccc(C(=O)O)c1C(=O)O. The Bertz CT molecular complexity index is 510. The van der Waals surface area contributed by atoms with Crippen molar-refractivity contribution >= 4 is 11.9 Å². The molecule has 0 heterocycles. The Morgan fingerprint density at radius 1 is 1.24 bits per heavy atom. The fourth-order valence-corrected chi connectivity index (χ4v) is 1.90. The van der Waals surface area contributed by atoms with Gasteiger partial charge in [0, 0.05) is 6.42 Å². The lowest BCUT2D eigenvalue weighted by molar-refractivity contribution is -0.0262. The molecule has 0 aliphatic rings. The van der Waals surface area contributed by atoms with E-state index in [-0.39, 0.29) is 36.3 Å². The van der Waals surface area contributed by atoms with E-state index < -0.39 is 24.1 Å². The average molecular weight is 298 g/mol. The molecule has 7 nitrogen and oxygen atoms in total. The Morgan fingerprint density at radius 3 is 2.38 bits per heavy atom. The molecule has 1 rings (SSSR count). The topological polar surface area (TPSA) is 124 Å². The summed E-state index contributed by atoms with van der Waals surface area (Å²) in [5.41, 5.74) is -0.372.